The van der Waals surface area contributed by atoms with Crippen LogP contribution in [0.25, 0.3) is 0 Å². The molecule has 0 saturated carbocycles. The van der Waals surface area contributed by atoms with Crippen molar-refractivity contribution < 1.29 is 22.0 Å². The first kappa shape index (κ1) is 22.5. The highest BCUT2D eigenvalue weighted by Crippen LogP contribution is 2.62. The van der Waals surface area contributed by atoms with Crippen LogP contribution in [0.5, 0.6) is 0 Å². The standard InChI is InChI=1S/C12H16Cl4NO5PS/c1-3-21-23(18,22-4-2)11(12(13,14)15)17(16)24(19,20)10-8-6-5-7-9-10/h5-9,11H,3-4H2,1-2H3. The van der Waals surface area contributed by atoms with Crippen LogP contribution in [0.1, 0.15) is 13.8 Å². The molecule has 6 nitrogen and oxygen atoms in total. The molecule has 0 saturated heterocycles. The average molecular weight is 459 g/mol. The van der Waals surface area contributed by atoms with Crippen molar-refractivity contribution in [3.63, 3.8) is 0 Å². The van der Waals surface area contributed by atoms with Crippen LogP contribution in [0.3, 0.4) is 0 Å². The molecule has 0 fully saturated rings. The molecule has 0 amide bonds. The lowest BCUT2D eigenvalue weighted by Crippen LogP contribution is -2.42. The van der Waals surface area contributed by atoms with Crippen LogP contribution in [-0.2, 0) is 23.6 Å². The summed E-state index contributed by atoms with van der Waals surface area (Å²) in [5.74, 6) is -1.89. The minimum Gasteiger partial charge on any atom is -0.308 e. The van der Waals surface area contributed by atoms with Gasteiger partial charge in [-0.25, -0.2) is 8.42 Å². The summed E-state index contributed by atoms with van der Waals surface area (Å²) in [7, 11) is -8.53. The Morgan fingerprint density at radius 2 is 1.58 bits per heavy atom. The van der Waals surface area contributed by atoms with E-state index in [4.69, 9.17) is 55.6 Å². The molecule has 0 aliphatic carbocycles. The predicted molar refractivity (Wildman–Crippen MR) is 96.3 cm³/mol. The number of alkyl halides is 3. The van der Waals surface area contributed by atoms with Gasteiger partial charge in [0.05, 0.1) is 18.1 Å². The van der Waals surface area contributed by atoms with Crippen molar-refractivity contribution in [3.05, 3.63) is 30.3 Å². The molecule has 1 rings (SSSR count). The van der Waals surface area contributed by atoms with Crippen LogP contribution < -0.4 is 0 Å². The minimum absolute atomic E-state index is 0.0648. The molecule has 0 aliphatic rings. The molecule has 24 heavy (non-hydrogen) atoms. The van der Waals surface area contributed by atoms with Crippen LogP contribution in [-0.4, -0.2) is 35.0 Å². The maximum absolute atomic E-state index is 13.0. The molecule has 0 heterocycles. The van der Waals surface area contributed by atoms with E-state index < -0.39 is 27.2 Å². The quantitative estimate of drug-likeness (QED) is 0.318. The summed E-state index contributed by atoms with van der Waals surface area (Å²) in [6, 6.07) is 7.20. The molecular weight excluding hydrogens is 443 g/mol. The average Bonchev–Trinajstić information content (AvgIpc) is 2.47. The lowest BCUT2D eigenvalue weighted by molar-refractivity contribution is 0.203. The van der Waals surface area contributed by atoms with Crippen molar-refractivity contribution in [2.24, 2.45) is 0 Å². The number of benzene rings is 1. The van der Waals surface area contributed by atoms with Gasteiger partial charge in [-0.3, -0.25) is 4.57 Å². The summed E-state index contributed by atoms with van der Waals surface area (Å²) in [6.45, 7) is 2.94. The fourth-order valence-corrected chi connectivity index (χ4v) is 7.67. The third-order valence-electron chi connectivity index (χ3n) is 2.67. The third-order valence-corrected chi connectivity index (χ3v) is 8.77. The highest BCUT2D eigenvalue weighted by molar-refractivity contribution is 7.90. The fraction of sp³-hybridized carbons (Fsp3) is 0.500. The smallest absolute Gasteiger partial charge is 0.308 e. The van der Waals surface area contributed by atoms with Gasteiger partial charge in [-0.05, 0) is 37.8 Å². The Balaban J connectivity index is 3.43. The van der Waals surface area contributed by atoms with Crippen LogP contribution in [0.2, 0.25) is 0 Å². The molecule has 1 atom stereocenters. The molecule has 1 aromatic carbocycles. The fourth-order valence-electron chi connectivity index (χ4n) is 1.77. The van der Waals surface area contributed by atoms with E-state index in [1.807, 2.05) is 0 Å². The van der Waals surface area contributed by atoms with E-state index in [2.05, 4.69) is 0 Å². The van der Waals surface area contributed by atoms with Crippen molar-refractivity contribution in [2.45, 2.75) is 28.3 Å². The van der Waals surface area contributed by atoms with Crippen molar-refractivity contribution >= 4 is 64.2 Å². The molecule has 0 aliphatic heterocycles. The number of hydrogen-bond donors (Lipinski definition) is 0. The van der Waals surface area contributed by atoms with Crippen LogP contribution in [0.4, 0.5) is 0 Å². The second-order valence-corrected chi connectivity index (χ2v) is 11.2. The molecule has 138 valence electrons. The molecule has 0 bridgehead atoms. The topological polar surface area (TPSA) is 72.9 Å². The maximum Gasteiger partial charge on any atom is 0.354 e. The van der Waals surface area contributed by atoms with Gasteiger partial charge in [-0.15, -0.1) is 0 Å². The van der Waals surface area contributed by atoms with Gasteiger partial charge in [0.1, 0.15) is 0 Å². The van der Waals surface area contributed by atoms with Gasteiger partial charge in [0.25, 0.3) is 10.0 Å². The summed E-state index contributed by atoms with van der Waals surface area (Å²) < 4.78 is 46.3. The number of rotatable bonds is 8. The first-order valence-corrected chi connectivity index (χ1v) is 11.2. The number of hydrogen-bond acceptors (Lipinski definition) is 5. The molecule has 12 heteroatoms. The summed E-state index contributed by atoms with van der Waals surface area (Å²) in [4.78, 5) is -0.168. The first-order chi connectivity index (χ1) is 11.0. The lowest BCUT2D eigenvalue weighted by atomic mass is 10.4. The van der Waals surface area contributed by atoms with Gasteiger partial charge in [-0.1, -0.05) is 56.8 Å². The van der Waals surface area contributed by atoms with E-state index in [-0.39, 0.29) is 21.9 Å². The Morgan fingerprint density at radius 1 is 1.12 bits per heavy atom. The zero-order chi connectivity index (χ0) is 18.6. The van der Waals surface area contributed by atoms with Gasteiger partial charge in [0.2, 0.25) is 3.79 Å². The number of halogens is 4. The van der Waals surface area contributed by atoms with E-state index in [1.54, 1.807) is 6.07 Å². The second-order valence-electron chi connectivity index (χ2n) is 4.35. The minimum atomic E-state index is -4.33. The molecule has 1 aromatic rings. The highest BCUT2D eigenvalue weighted by atomic mass is 35.6. The van der Waals surface area contributed by atoms with Crippen LogP contribution >= 0.6 is 54.2 Å². The maximum atomic E-state index is 13.0. The Labute approximate surface area is 161 Å². The Hall–Kier alpha value is 0.440. The van der Waals surface area contributed by atoms with Gasteiger partial charge < -0.3 is 9.05 Å². The van der Waals surface area contributed by atoms with Crippen molar-refractivity contribution in [1.82, 2.24) is 3.82 Å². The van der Waals surface area contributed by atoms with E-state index in [9.17, 15) is 13.0 Å². The van der Waals surface area contributed by atoms with Crippen LogP contribution in [0, 0.1) is 0 Å². The lowest BCUT2D eigenvalue weighted by Gasteiger charge is -2.34. The molecule has 1 unspecified atom stereocenters. The second kappa shape index (κ2) is 8.89. The van der Waals surface area contributed by atoms with E-state index in [0.29, 0.717) is 0 Å². The molecule has 0 radical (unpaired) electrons. The Morgan fingerprint density at radius 3 is 1.96 bits per heavy atom. The summed E-state index contributed by atoms with van der Waals surface area (Å²) in [5.41, 5.74) is 0. The van der Waals surface area contributed by atoms with Gasteiger partial charge >= 0.3 is 7.60 Å². The van der Waals surface area contributed by atoms with E-state index in [1.165, 1.54) is 38.1 Å². The molecule has 0 aromatic heterocycles. The summed E-state index contributed by atoms with van der Waals surface area (Å²) in [6.07, 6.45) is 0. The zero-order valence-corrected chi connectivity index (χ0v) is 17.5. The van der Waals surface area contributed by atoms with Crippen molar-refractivity contribution in [2.75, 3.05) is 13.2 Å². The monoisotopic (exact) mass is 457 g/mol. The van der Waals surface area contributed by atoms with E-state index >= 15 is 0 Å². The molecule has 0 spiro atoms. The zero-order valence-electron chi connectivity index (χ0n) is 12.7. The first-order valence-electron chi connectivity index (χ1n) is 6.71. The highest BCUT2D eigenvalue weighted by Gasteiger charge is 2.55. The summed E-state index contributed by atoms with van der Waals surface area (Å²) >= 11 is 23.5. The normalized spacial score (nSPS) is 14.8. The Kier molecular flexibility index (Phi) is 8.33. The third kappa shape index (κ3) is 5.22. The van der Waals surface area contributed by atoms with E-state index in [0.717, 1.165) is 0 Å². The van der Waals surface area contributed by atoms with Crippen LogP contribution in [0.15, 0.2) is 35.2 Å². The summed E-state index contributed by atoms with van der Waals surface area (Å²) in [5, 5.41) is 0. The number of nitrogens with zero attached hydrogens (tertiary/aromatic N) is 1. The van der Waals surface area contributed by atoms with Gasteiger partial charge in [0.15, 0.2) is 5.78 Å². The largest absolute Gasteiger partial charge is 0.354 e. The Bertz CT molecular complexity index is 672. The predicted octanol–water partition coefficient (Wildman–Crippen LogP) is 4.79. The van der Waals surface area contributed by atoms with Crippen molar-refractivity contribution in [3.8, 4) is 0 Å². The molecular formula is C12H16Cl4NO5PS. The number of sulfonamides is 1. The SMILES string of the molecule is CCOP(=O)(OCC)C(N(Cl)S(=O)(=O)c1ccccc1)C(Cl)(Cl)Cl. The van der Waals surface area contributed by atoms with Gasteiger partial charge in [-0.2, -0.15) is 0 Å². The molecule has 0 N–H and O–H groups in total. The van der Waals surface area contributed by atoms with Crippen molar-refractivity contribution in [1.29, 1.82) is 0 Å². The van der Waals surface area contributed by atoms with Gasteiger partial charge in [0, 0.05) is 0 Å².